The maximum Gasteiger partial charge on any atom is 0.308 e. The van der Waals surface area contributed by atoms with Gasteiger partial charge >= 0.3 is 5.97 Å². The van der Waals surface area contributed by atoms with E-state index in [4.69, 9.17) is 9.47 Å². The van der Waals surface area contributed by atoms with Crippen LogP contribution in [0.5, 0.6) is 11.5 Å². The van der Waals surface area contributed by atoms with Gasteiger partial charge in [-0.15, -0.1) is 0 Å². The first kappa shape index (κ1) is 17.5. The zero-order valence-electron chi connectivity index (χ0n) is 15.5. The van der Waals surface area contributed by atoms with Crippen LogP contribution in [0, 0.1) is 26.6 Å². The van der Waals surface area contributed by atoms with E-state index in [0.717, 1.165) is 33.6 Å². The molecule has 1 atom stereocenters. The molecule has 25 heavy (non-hydrogen) atoms. The molecule has 0 saturated carbocycles. The maximum absolute atomic E-state index is 13.4. The third-order valence-corrected chi connectivity index (χ3v) is 5.03. The van der Waals surface area contributed by atoms with Gasteiger partial charge in [0.2, 0.25) is 0 Å². The molecule has 0 N–H and O–H groups in total. The third kappa shape index (κ3) is 2.80. The van der Waals surface area contributed by atoms with Gasteiger partial charge in [0.1, 0.15) is 22.9 Å². The van der Waals surface area contributed by atoms with Crippen LogP contribution in [0.25, 0.3) is 0 Å². The highest BCUT2D eigenvalue weighted by molar-refractivity contribution is 5.73. The van der Waals surface area contributed by atoms with Gasteiger partial charge < -0.3 is 9.47 Å². The first-order valence-electron chi connectivity index (χ1n) is 8.40. The van der Waals surface area contributed by atoms with Crippen molar-refractivity contribution in [3.63, 3.8) is 0 Å². The van der Waals surface area contributed by atoms with Crippen LogP contribution in [-0.2, 0) is 4.79 Å². The number of rotatable bonds is 2. The van der Waals surface area contributed by atoms with Crippen molar-refractivity contribution < 1.29 is 18.7 Å². The van der Waals surface area contributed by atoms with E-state index in [-0.39, 0.29) is 17.7 Å². The normalized spacial score (nSPS) is 17.8. The van der Waals surface area contributed by atoms with Gasteiger partial charge in [-0.05, 0) is 69.0 Å². The highest BCUT2D eigenvalue weighted by Crippen LogP contribution is 2.54. The zero-order chi connectivity index (χ0) is 18.5. The predicted octanol–water partition coefficient (Wildman–Crippen LogP) is 4.98. The summed E-state index contributed by atoms with van der Waals surface area (Å²) in [5, 5.41) is 0. The Morgan fingerprint density at radius 3 is 2.24 bits per heavy atom. The SMILES string of the molecule is CC(=O)Oc1c(C)c(C)c2c(c1C)C(c1ccc(F)cc1)C(C)(C)O2. The molecule has 132 valence electrons. The van der Waals surface area contributed by atoms with E-state index in [0.29, 0.717) is 5.75 Å². The van der Waals surface area contributed by atoms with Crippen molar-refractivity contribution in [2.45, 2.75) is 53.1 Å². The molecule has 0 amide bonds. The lowest BCUT2D eigenvalue weighted by Gasteiger charge is -2.27. The van der Waals surface area contributed by atoms with Gasteiger partial charge in [-0.1, -0.05) is 12.1 Å². The molecule has 0 aliphatic carbocycles. The Balaban J connectivity index is 2.27. The molecular weight excluding hydrogens is 319 g/mol. The molecule has 1 aliphatic rings. The Morgan fingerprint density at radius 1 is 1.08 bits per heavy atom. The van der Waals surface area contributed by atoms with E-state index in [1.165, 1.54) is 19.1 Å². The molecular formula is C21H23FO3. The van der Waals surface area contributed by atoms with Crippen LogP contribution in [0.3, 0.4) is 0 Å². The van der Waals surface area contributed by atoms with Crippen molar-refractivity contribution in [3.05, 3.63) is 57.9 Å². The smallest absolute Gasteiger partial charge is 0.308 e. The van der Waals surface area contributed by atoms with Crippen LogP contribution in [-0.4, -0.2) is 11.6 Å². The highest BCUT2D eigenvalue weighted by Gasteiger charge is 2.45. The average Bonchev–Trinajstić information content (AvgIpc) is 2.82. The van der Waals surface area contributed by atoms with Crippen LogP contribution in [0.4, 0.5) is 4.39 Å². The number of hydrogen-bond donors (Lipinski definition) is 0. The molecule has 0 bridgehead atoms. The minimum Gasteiger partial charge on any atom is -0.486 e. The Morgan fingerprint density at radius 2 is 1.68 bits per heavy atom. The average molecular weight is 342 g/mol. The topological polar surface area (TPSA) is 35.5 Å². The van der Waals surface area contributed by atoms with E-state index in [1.807, 2.05) is 34.6 Å². The van der Waals surface area contributed by atoms with Gasteiger partial charge in [0.15, 0.2) is 0 Å². The number of benzene rings is 2. The Kier molecular flexibility index (Phi) is 4.10. The molecule has 4 heteroatoms. The number of carbonyl (C=O) groups excluding carboxylic acids is 1. The molecule has 0 radical (unpaired) electrons. The first-order valence-corrected chi connectivity index (χ1v) is 8.40. The van der Waals surface area contributed by atoms with Crippen molar-refractivity contribution >= 4 is 5.97 Å². The van der Waals surface area contributed by atoms with Gasteiger partial charge in [-0.3, -0.25) is 4.79 Å². The van der Waals surface area contributed by atoms with Crippen molar-refractivity contribution in [1.29, 1.82) is 0 Å². The lowest BCUT2D eigenvalue weighted by molar-refractivity contribution is -0.131. The summed E-state index contributed by atoms with van der Waals surface area (Å²) in [6.45, 7) is 11.3. The van der Waals surface area contributed by atoms with E-state index in [1.54, 1.807) is 12.1 Å². The van der Waals surface area contributed by atoms with E-state index >= 15 is 0 Å². The predicted molar refractivity (Wildman–Crippen MR) is 94.9 cm³/mol. The first-order chi connectivity index (χ1) is 11.6. The van der Waals surface area contributed by atoms with Gasteiger partial charge in [-0.2, -0.15) is 0 Å². The fraction of sp³-hybridized carbons (Fsp3) is 0.381. The molecule has 1 aliphatic heterocycles. The van der Waals surface area contributed by atoms with Crippen LogP contribution < -0.4 is 9.47 Å². The summed E-state index contributed by atoms with van der Waals surface area (Å²) in [4.78, 5) is 11.6. The number of halogens is 1. The molecule has 0 spiro atoms. The molecule has 0 fully saturated rings. The summed E-state index contributed by atoms with van der Waals surface area (Å²) in [5.74, 6) is 0.749. The summed E-state index contributed by atoms with van der Waals surface area (Å²) in [6, 6.07) is 6.51. The van der Waals surface area contributed by atoms with Crippen molar-refractivity contribution in [2.75, 3.05) is 0 Å². The highest BCUT2D eigenvalue weighted by atomic mass is 19.1. The summed E-state index contributed by atoms with van der Waals surface area (Å²) in [5.41, 5.74) is 4.27. The van der Waals surface area contributed by atoms with E-state index < -0.39 is 5.60 Å². The second kappa shape index (κ2) is 5.87. The quantitative estimate of drug-likeness (QED) is 0.570. The molecule has 2 aromatic rings. The molecule has 3 rings (SSSR count). The van der Waals surface area contributed by atoms with Gasteiger partial charge in [0.25, 0.3) is 0 Å². The van der Waals surface area contributed by atoms with E-state index in [2.05, 4.69) is 0 Å². The standard InChI is InChI=1S/C21H23FO3/c1-11-12(2)20-17(13(3)19(11)24-14(4)23)18(21(5,6)25-20)15-7-9-16(22)10-8-15/h7-10,18H,1-6H3. The van der Waals surface area contributed by atoms with Crippen LogP contribution in [0.1, 0.15) is 54.5 Å². The van der Waals surface area contributed by atoms with Gasteiger partial charge in [0.05, 0.1) is 5.92 Å². The Labute approximate surface area is 147 Å². The summed E-state index contributed by atoms with van der Waals surface area (Å²) < 4.78 is 25.2. The maximum atomic E-state index is 13.4. The van der Waals surface area contributed by atoms with Crippen molar-refractivity contribution in [2.24, 2.45) is 0 Å². The summed E-state index contributed by atoms with van der Waals surface area (Å²) in [7, 11) is 0. The fourth-order valence-corrected chi connectivity index (χ4v) is 3.79. The summed E-state index contributed by atoms with van der Waals surface area (Å²) >= 11 is 0. The number of fused-ring (bicyclic) bond motifs is 1. The number of carbonyl (C=O) groups is 1. The van der Waals surface area contributed by atoms with Crippen molar-refractivity contribution in [3.8, 4) is 11.5 Å². The Bertz CT molecular complexity index is 851. The van der Waals surface area contributed by atoms with Crippen molar-refractivity contribution in [1.82, 2.24) is 0 Å². The lowest BCUT2D eigenvalue weighted by Crippen LogP contribution is -2.31. The van der Waals surface area contributed by atoms with Crippen LogP contribution >= 0.6 is 0 Å². The monoisotopic (exact) mass is 342 g/mol. The number of esters is 1. The largest absolute Gasteiger partial charge is 0.486 e. The molecule has 3 nitrogen and oxygen atoms in total. The number of hydrogen-bond acceptors (Lipinski definition) is 3. The Hall–Kier alpha value is -2.36. The second-order valence-corrected chi connectivity index (χ2v) is 7.23. The third-order valence-electron chi connectivity index (χ3n) is 5.03. The molecule has 0 aromatic heterocycles. The minimum atomic E-state index is -0.489. The summed E-state index contributed by atoms with van der Waals surface area (Å²) in [6.07, 6.45) is 0. The van der Waals surface area contributed by atoms with Gasteiger partial charge in [0, 0.05) is 12.5 Å². The molecule has 1 unspecified atom stereocenters. The van der Waals surface area contributed by atoms with Crippen LogP contribution in [0.2, 0.25) is 0 Å². The number of ether oxygens (including phenoxy) is 2. The molecule has 0 saturated heterocycles. The zero-order valence-corrected chi connectivity index (χ0v) is 15.5. The lowest BCUT2D eigenvalue weighted by atomic mass is 9.78. The minimum absolute atomic E-state index is 0.0725. The van der Waals surface area contributed by atoms with Gasteiger partial charge in [-0.25, -0.2) is 4.39 Å². The second-order valence-electron chi connectivity index (χ2n) is 7.23. The fourth-order valence-electron chi connectivity index (χ4n) is 3.79. The van der Waals surface area contributed by atoms with Crippen LogP contribution in [0.15, 0.2) is 24.3 Å². The molecule has 2 aromatic carbocycles. The van der Waals surface area contributed by atoms with E-state index in [9.17, 15) is 9.18 Å². The molecule has 1 heterocycles.